The molecule has 536 valence electrons. The van der Waals surface area contributed by atoms with E-state index >= 15 is 0 Å². The fourth-order valence-electron chi connectivity index (χ4n) is 15.3. The van der Waals surface area contributed by atoms with Crippen molar-refractivity contribution in [1.82, 2.24) is 14.1 Å². The maximum absolute atomic E-state index is 9.23. The van der Waals surface area contributed by atoms with Crippen LogP contribution in [0.5, 0.6) is 11.5 Å². The molecule has 0 saturated carbocycles. The molecule has 17 rings (SSSR count). The molecule has 0 atom stereocenters. The second-order valence-electron chi connectivity index (χ2n) is 34.5. The first-order valence-electron chi connectivity index (χ1n) is 42.7. The molecule has 14 aromatic carbocycles. The van der Waals surface area contributed by atoms with Gasteiger partial charge in [-0.1, -0.05) is 286 Å². The van der Waals surface area contributed by atoms with Crippen LogP contribution in [0.15, 0.2) is 297 Å². The molecular weight excluding hydrogens is 1320 g/mol. The van der Waals surface area contributed by atoms with E-state index < -0.39 is 60.4 Å². The van der Waals surface area contributed by atoms with E-state index in [2.05, 4.69) is 272 Å². The molecule has 12 bridgehead atoms. The van der Waals surface area contributed by atoms with Gasteiger partial charge in [-0.25, -0.2) is 4.98 Å². The summed E-state index contributed by atoms with van der Waals surface area (Å²) in [7, 11) is 0. The van der Waals surface area contributed by atoms with Crippen LogP contribution in [0.4, 0.5) is 0 Å². The monoisotopic (exact) mass is 1420 g/mol. The maximum atomic E-state index is 9.23. The van der Waals surface area contributed by atoms with Crippen LogP contribution in [-0.4, -0.2) is 14.1 Å². The molecule has 109 heavy (non-hydrogen) atoms. The molecular formula is C104H94N4O. The predicted molar refractivity (Wildman–Crippen MR) is 464 cm³/mol. The topological polar surface area (TPSA) is 35.9 Å². The van der Waals surface area contributed by atoms with E-state index in [9.17, 15) is 5.48 Å². The lowest BCUT2D eigenvalue weighted by Gasteiger charge is -2.22. The lowest BCUT2D eigenvalue weighted by Crippen LogP contribution is -2.31. The molecule has 5 nitrogen and oxygen atoms in total. The van der Waals surface area contributed by atoms with Crippen LogP contribution in [-0.2, 0) is 27.1 Å². The minimum atomic E-state index is -0.575. The fourth-order valence-corrected chi connectivity index (χ4v) is 15.3. The summed E-state index contributed by atoms with van der Waals surface area (Å²) < 4.78 is 102. The summed E-state index contributed by atoms with van der Waals surface area (Å²) in [5.41, 5.74) is 11.1. The van der Waals surface area contributed by atoms with E-state index in [0.717, 1.165) is 76.6 Å². The summed E-state index contributed by atoms with van der Waals surface area (Å²) in [6.07, 6.45) is 5.42. The highest BCUT2D eigenvalue weighted by molar-refractivity contribution is 6.12. The Labute approximate surface area is 655 Å². The summed E-state index contributed by atoms with van der Waals surface area (Å²) in [5.74, 6) is 1.80. The van der Waals surface area contributed by atoms with Gasteiger partial charge in [-0.05, 0) is 256 Å². The molecule has 17 aromatic rings. The number of imidazole rings is 1. The summed E-state index contributed by atoms with van der Waals surface area (Å²) in [5, 5.41) is 15.8. The second-order valence-corrected chi connectivity index (χ2v) is 34.5. The number of para-hydroxylation sites is 3. The van der Waals surface area contributed by atoms with Gasteiger partial charge in [0.05, 0.1) is 47.1 Å². The summed E-state index contributed by atoms with van der Waals surface area (Å²) in [4.78, 5) is 5.15. The van der Waals surface area contributed by atoms with Gasteiger partial charge in [0, 0.05) is 23.0 Å². The highest BCUT2D eigenvalue weighted by Gasteiger charge is 2.25. The molecule has 0 aliphatic carbocycles. The van der Waals surface area contributed by atoms with E-state index in [4.69, 9.17) is 17.9 Å². The first kappa shape index (κ1) is 59.2. The summed E-state index contributed by atoms with van der Waals surface area (Å²) in [6, 6.07) is 77.1. The molecule has 0 amide bonds. The van der Waals surface area contributed by atoms with Crippen molar-refractivity contribution in [2.45, 2.75) is 131 Å². The Balaban J connectivity index is 0.872. The van der Waals surface area contributed by atoms with Crippen LogP contribution in [0, 0.1) is 6.33 Å². The summed E-state index contributed by atoms with van der Waals surface area (Å²) in [6.45, 7) is 34.4. The van der Waals surface area contributed by atoms with Crippen LogP contribution >= 0.6 is 0 Å². The minimum absolute atomic E-state index is 0.141. The van der Waals surface area contributed by atoms with Crippen LogP contribution in [0.1, 0.15) is 145 Å². The van der Waals surface area contributed by atoms with Gasteiger partial charge in [0.15, 0.2) is 0 Å². The molecule has 3 heterocycles. The Hall–Kier alpha value is -11.9. The molecule has 5 heteroatoms. The molecule has 0 N–H and O–H groups in total. The Morgan fingerprint density at radius 2 is 0.780 bits per heavy atom. The van der Waals surface area contributed by atoms with Crippen LogP contribution in [0.25, 0.3) is 148 Å². The largest absolute Gasteiger partial charge is 0.458 e. The number of hydrogen-bond acceptors (Lipinski definition) is 2. The van der Waals surface area contributed by atoms with E-state index in [1.54, 1.807) is 22.8 Å². The predicted octanol–water partition coefficient (Wildman–Crippen LogP) is 28.1. The third-order valence-corrected chi connectivity index (χ3v) is 21.6. The van der Waals surface area contributed by atoms with Gasteiger partial charge in [-0.15, -0.1) is 0 Å². The zero-order valence-corrected chi connectivity index (χ0v) is 64.7. The first-order chi connectivity index (χ1) is 56.2. The van der Waals surface area contributed by atoms with E-state index in [1.807, 2.05) is 65.4 Å². The van der Waals surface area contributed by atoms with E-state index in [-0.39, 0.29) is 55.0 Å². The van der Waals surface area contributed by atoms with Crippen LogP contribution in [0.2, 0.25) is 0 Å². The zero-order chi connectivity index (χ0) is 84.3. The van der Waals surface area contributed by atoms with Crippen LogP contribution in [0.3, 0.4) is 0 Å². The standard InChI is InChI=1S/C104H94N4O/c1-100(2,3)82-43-44-105-98(62-82)108-94-42-39-70(61-93(94)92-41-40-89(64-97(92)108)109-88-34-25-33-87(63-88)106-65-107(96-38-23-22-37-95(96)106)99-90(66-27-18-16-19-28-66)35-26-36-91(99)67-29-20-17-21-30-67)71-46-72-48-73(47-71)77-52-81(60-86(56-77)104(13,14)15)79-50-75(54-84(58-79)102(7,8)9)69-32-24-31-68(45-69)74-49-78(57-83(53-74)101(4,5)6)80-51-76(72)55-85(59-80)103(10,11)12/h16-64H,1-15H3/i16D,17D,18D,19D,20D,21D,27D,28D,29D,30D. The van der Waals surface area contributed by atoms with Gasteiger partial charge in [0.1, 0.15) is 17.3 Å². The SMILES string of the molecule is [2H]c1c([2H])c([2H])c(-c2cccc(-c3c([2H])c([2H])c([2H])c([2H])c3[2H])c2-[n+]2[c-]n(-c3cccc(Oc4ccc5c6cc(-c7cc8cc(c7)c7cc(C(C)(C)C)cc(c7)c7cc(C(C)(C)C)cc(c7)c7cccc(c7)c7cc(C(C)(C)C)cc(c7)c7cc(C(C)(C)C)cc8c7)ccc6n(-c6cc(C(C)(C)C)ccn6)c5c4)c3)c3ccccc32)c([2H])c1[2H]. The number of hydrogen-bond donors (Lipinski definition) is 0. The van der Waals surface area contributed by atoms with Crippen molar-refractivity contribution in [3.8, 4) is 62.1 Å². The number of pyridine rings is 1. The third kappa shape index (κ3) is 13.5. The quantitative estimate of drug-likeness (QED) is 0.112. The van der Waals surface area contributed by atoms with Gasteiger partial charge in [-0.3, -0.25) is 13.7 Å². The van der Waals surface area contributed by atoms with Crippen molar-refractivity contribution in [2.24, 2.45) is 0 Å². The third-order valence-electron chi connectivity index (χ3n) is 21.6. The first-order valence-corrected chi connectivity index (χ1v) is 37.7. The number of rotatable bonds is 8. The lowest BCUT2D eigenvalue weighted by molar-refractivity contribution is -0.571. The normalized spacial score (nSPS) is 13.8. The Morgan fingerprint density at radius 3 is 1.28 bits per heavy atom. The molecule has 0 aliphatic rings. The van der Waals surface area contributed by atoms with Crippen LogP contribution < -0.4 is 9.30 Å². The van der Waals surface area contributed by atoms with Gasteiger partial charge in [0.25, 0.3) is 6.33 Å². The van der Waals surface area contributed by atoms with E-state index in [1.165, 1.54) is 54.6 Å². The number of nitrogens with zero attached hydrogens (tertiary/aromatic N) is 4. The Bertz CT molecular complexity index is 6970. The second kappa shape index (κ2) is 26.5. The van der Waals surface area contributed by atoms with Gasteiger partial charge >= 0.3 is 0 Å². The Morgan fingerprint density at radius 1 is 0.330 bits per heavy atom. The number of ether oxygens (including phenoxy) is 1. The molecule has 3 aromatic heterocycles. The highest BCUT2D eigenvalue weighted by Crippen LogP contribution is 2.43. The highest BCUT2D eigenvalue weighted by atomic mass is 16.5. The number of benzene rings is 13. The smallest absolute Gasteiger partial charge is 0.269 e. The van der Waals surface area contributed by atoms with Crippen molar-refractivity contribution in [1.29, 1.82) is 0 Å². The number of aromatic nitrogens is 4. The van der Waals surface area contributed by atoms with Crippen molar-refractivity contribution in [2.75, 3.05) is 0 Å². The van der Waals surface area contributed by atoms with Gasteiger partial charge in [0.2, 0.25) is 0 Å². The van der Waals surface area contributed by atoms with Crippen molar-refractivity contribution >= 4 is 97.5 Å². The average Bonchev–Trinajstić information content (AvgIpc) is 1.66. The fraction of sp³-hybridized carbons (Fsp3) is 0.192. The molecule has 0 fully saturated rings. The molecule has 0 unspecified atom stereocenters. The summed E-state index contributed by atoms with van der Waals surface area (Å²) >= 11 is 0. The lowest BCUT2D eigenvalue weighted by atomic mass is 9.83. The average molecular weight is 1430 g/mol. The molecule has 0 spiro atoms. The molecule has 0 radical (unpaired) electrons. The van der Waals surface area contributed by atoms with Gasteiger partial charge in [-0.2, -0.15) is 0 Å². The molecule has 0 saturated heterocycles. The zero-order valence-electron chi connectivity index (χ0n) is 74.7. The van der Waals surface area contributed by atoms with Gasteiger partial charge < -0.3 is 4.74 Å². The Kier molecular flexibility index (Phi) is 14.4. The van der Waals surface area contributed by atoms with E-state index in [0.29, 0.717) is 28.2 Å². The number of fused-ring (bicyclic) bond motifs is 22. The minimum Gasteiger partial charge on any atom is -0.458 e. The maximum Gasteiger partial charge on any atom is 0.269 e. The molecule has 0 aliphatic heterocycles. The van der Waals surface area contributed by atoms with Crippen molar-refractivity contribution in [3.05, 3.63) is 331 Å². The van der Waals surface area contributed by atoms with Crippen molar-refractivity contribution in [3.63, 3.8) is 0 Å². The van der Waals surface area contributed by atoms with Crippen molar-refractivity contribution < 1.29 is 23.0 Å².